The van der Waals surface area contributed by atoms with Crippen LogP contribution >= 0.6 is 0 Å². The molecule has 1 heterocycles. The highest BCUT2D eigenvalue weighted by Crippen LogP contribution is 2.31. The van der Waals surface area contributed by atoms with Gasteiger partial charge in [-0.15, -0.1) is 0 Å². The van der Waals surface area contributed by atoms with E-state index in [-0.39, 0.29) is 0 Å². The number of aliphatic carboxylic acids is 1. The number of hydrogen-bond donors (Lipinski definition) is 1. The summed E-state index contributed by atoms with van der Waals surface area (Å²) < 4.78 is 11.5. The molecule has 4 nitrogen and oxygen atoms in total. The number of rotatable bonds is 13. The van der Waals surface area contributed by atoms with Gasteiger partial charge in [-0.1, -0.05) is 76.1 Å². The number of benzene rings is 2. The number of ether oxygens (including phenoxy) is 1. The second-order valence-corrected chi connectivity index (χ2v) is 7.88. The zero-order valence-electron chi connectivity index (χ0n) is 17.8. The van der Waals surface area contributed by atoms with Crippen molar-refractivity contribution in [3.63, 3.8) is 0 Å². The zero-order valence-corrected chi connectivity index (χ0v) is 17.8. The highest BCUT2D eigenvalue weighted by Gasteiger charge is 2.19. The molecule has 1 unspecified atom stereocenters. The number of hydrogen-bond acceptors (Lipinski definition) is 3. The van der Waals surface area contributed by atoms with Crippen LogP contribution in [0.5, 0.6) is 5.75 Å². The first kappa shape index (κ1) is 21.9. The van der Waals surface area contributed by atoms with Crippen molar-refractivity contribution in [2.75, 3.05) is 0 Å². The van der Waals surface area contributed by atoms with Gasteiger partial charge in [0.05, 0.1) is 6.26 Å². The molecular weight excluding hydrogens is 376 g/mol. The van der Waals surface area contributed by atoms with E-state index in [0.717, 1.165) is 34.9 Å². The van der Waals surface area contributed by atoms with E-state index in [0.29, 0.717) is 12.2 Å². The predicted molar refractivity (Wildman–Crippen MR) is 121 cm³/mol. The Labute approximate surface area is 178 Å². The molecule has 0 radical (unpaired) electrons. The van der Waals surface area contributed by atoms with Gasteiger partial charge in [0.25, 0.3) is 0 Å². The Kier molecular flexibility index (Phi) is 8.37. The summed E-state index contributed by atoms with van der Waals surface area (Å²) in [4.78, 5) is 11.6. The molecule has 30 heavy (non-hydrogen) atoms. The largest absolute Gasteiger partial charge is 0.479 e. The average Bonchev–Trinajstić information content (AvgIpc) is 3.19. The maximum absolute atomic E-state index is 11.6. The highest BCUT2D eigenvalue weighted by atomic mass is 16.5. The van der Waals surface area contributed by atoms with E-state index in [1.54, 1.807) is 6.26 Å². The number of fused-ring (bicyclic) bond motifs is 1. The van der Waals surface area contributed by atoms with E-state index in [4.69, 9.17) is 9.15 Å². The Morgan fingerprint density at radius 2 is 1.60 bits per heavy atom. The molecule has 3 aromatic rings. The van der Waals surface area contributed by atoms with Crippen LogP contribution in [-0.2, 0) is 4.79 Å². The molecule has 0 aliphatic carbocycles. The van der Waals surface area contributed by atoms with Gasteiger partial charge in [0.2, 0.25) is 0 Å². The number of furan rings is 1. The third kappa shape index (κ3) is 6.12. The van der Waals surface area contributed by atoms with Crippen molar-refractivity contribution in [3.8, 4) is 17.1 Å². The van der Waals surface area contributed by atoms with Crippen LogP contribution in [0.2, 0.25) is 0 Å². The van der Waals surface area contributed by atoms with Crippen LogP contribution in [0.4, 0.5) is 0 Å². The fraction of sp³-hybridized carbons (Fsp3) is 0.423. The van der Waals surface area contributed by atoms with Gasteiger partial charge in [-0.05, 0) is 37.1 Å². The predicted octanol–water partition coefficient (Wildman–Crippen LogP) is 7.46. The van der Waals surface area contributed by atoms with Gasteiger partial charge in [-0.2, -0.15) is 0 Å². The summed E-state index contributed by atoms with van der Waals surface area (Å²) in [5.41, 5.74) is 0.943. The van der Waals surface area contributed by atoms with Gasteiger partial charge < -0.3 is 14.3 Å². The third-order valence-corrected chi connectivity index (χ3v) is 5.50. The molecule has 0 saturated heterocycles. The van der Waals surface area contributed by atoms with Crippen LogP contribution in [0.3, 0.4) is 0 Å². The van der Waals surface area contributed by atoms with Gasteiger partial charge in [0, 0.05) is 16.3 Å². The van der Waals surface area contributed by atoms with Crippen molar-refractivity contribution in [3.05, 3.63) is 54.8 Å². The van der Waals surface area contributed by atoms with Crippen molar-refractivity contribution in [1.82, 2.24) is 0 Å². The molecule has 0 spiro atoms. The maximum atomic E-state index is 11.6. The lowest BCUT2D eigenvalue weighted by atomic mass is 10.1. The van der Waals surface area contributed by atoms with Crippen LogP contribution < -0.4 is 4.74 Å². The number of carboxylic acid groups (broad SMARTS) is 1. The smallest absolute Gasteiger partial charge is 0.344 e. The normalized spacial score (nSPS) is 12.2. The molecule has 1 aromatic heterocycles. The summed E-state index contributed by atoms with van der Waals surface area (Å²) >= 11 is 0. The molecule has 2 aromatic carbocycles. The Morgan fingerprint density at radius 3 is 2.30 bits per heavy atom. The van der Waals surface area contributed by atoms with Gasteiger partial charge in [0.15, 0.2) is 6.10 Å². The molecule has 0 bridgehead atoms. The molecule has 3 rings (SSSR count). The lowest BCUT2D eigenvalue weighted by Gasteiger charge is -2.15. The van der Waals surface area contributed by atoms with Crippen LogP contribution in [0, 0.1) is 0 Å². The average molecular weight is 409 g/mol. The highest BCUT2D eigenvalue weighted by molar-refractivity contribution is 5.94. The van der Waals surface area contributed by atoms with E-state index in [1.807, 2.05) is 48.5 Å². The summed E-state index contributed by atoms with van der Waals surface area (Å²) in [6.07, 6.45) is 11.0. The Morgan fingerprint density at radius 1 is 0.933 bits per heavy atom. The van der Waals surface area contributed by atoms with E-state index in [1.165, 1.54) is 38.5 Å². The van der Waals surface area contributed by atoms with Crippen molar-refractivity contribution in [2.24, 2.45) is 0 Å². The Balaban J connectivity index is 1.50. The summed E-state index contributed by atoms with van der Waals surface area (Å²) in [5, 5.41) is 11.6. The van der Waals surface area contributed by atoms with Gasteiger partial charge in [-0.25, -0.2) is 4.79 Å². The van der Waals surface area contributed by atoms with Crippen molar-refractivity contribution in [2.45, 2.75) is 70.8 Å². The van der Waals surface area contributed by atoms with Crippen LogP contribution in [0.1, 0.15) is 64.7 Å². The lowest BCUT2D eigenvalue weighted by Crippen LogP contribution is -2.26. The van der Waals surface area contributed by atoms with Crippen molar-refractivity contribution >= 4 is 16.7 Å². The first-order valence-electron chi connectivity index (χ1n) is 11.1. The molecule has 0 fully saturated rings. The molecule has 0 aliphatic heterocycles. The van der Waals surface area contributed by atoms with Gasteiger partial charge in [0.1, 0.15) is 11.5 Å². The Hall–Kier alpha value is -2.75. The minimum Gasteiger partial charge on any atom is -0.479 e. The fourth-order valence-corrected chi connectivity index (χ4v) is 3.76. The molecule has 0 saturated carbocycles. The SMILES string of the molecule is CCCCCCCCCCC(Oc1ccc(-c2occ3ccccc23)cc1)C(=O)O. The van der Waals surface area contributed by atoms with E-state index < -0.39 is 12.1 Å². The maximum Gasteiger partial charge on any atom is 0.344 e. The summed E-state index contributed by atoms with van der Waals surface area (Å²) in [5.74, 6) is 0.478. The molecule has 1 atom stereocenters. The van der Waals surface area contributed by atoms with Crippen molar-refractivity contribution in [1.29, 1.82) is 0 Å². The molecule has 1 N–H and O–H groups in total. The van der Waals surface area contributed by atoms with Crippen LogP contribution in [0.25, 0.3) is 22.1 Å². The Bertz CT molecular complexity index is 910. The van der Waals surface area contributed by atoms with Crippen LogP contribution in [-0.4, -0.2) is 17.2 Å². The van der Waals surface area contributed by atoms with Crippen molar-refractivity contribution < 1.29 is 19.1 Å². The van der Waals surface area contributed by atoms with E-state index in [2.05, 4.69) is 6.92 Å². The minimum absolute atomic E-state index is 0.537. The quantitative estimate of drug-likeness (QED) is 0.298. The fourth-order valence-electron chi connectivity index (χ4n) is 3.76. The monoisotopic (exact) mass is 408 g/mol. The van der Waals surface area contributed by atoms with Gasteiger partial charge >= 0.3 is 5.97 Å². The molecule has 0 amide bonds. The first-order valence-corrected chi connectivity index (χ1v) is 11.1. The molecular formula is C26H32O4. The summed E-state index contributed by atoms with van der Waals surface area (Å²) in [7, 11) is 0. The van der Waals surface area contributed by atoms with Crippen LogP contribution in [0.15, 0.2) is 59.2 Å². The second kappa shape index (κ2) is 11.4. The first-order chi connectivity index (χ1) is 14.7. The van der Waals surface area contributed by atoms with Gasteiger partial charge in [-0.3, -0.25) is 0 Å². The summed E-state index contributed by atoms with van der Waals surface area (Å²) in [6, 6.07) is 15.5. The summed E-state index contributed by atoms with van der Waals surface area (Å²) in [6.45, 7) is 2.22. The minimum atomic E-state index is -0.904. The number of carbonyl (C=O) groups is 1. The zero-order chi connectivity index (χ0) is 21.2. The molecule has 160 valence electrons. The third-order valence-electron chi connectivity index (χ3n) is 5.50. The molecule has 4 heteroatoms. The number of carboxylic acids is 1. The lowest BCUT2D eigenvalue weighted by molar-refractivity contribution is -0.145. The van der Waals surface area contributed by atoms with E-state index in [9.17, 15) is 9.90 Å². The standard InChI is InChI=1S/C26H32O4/c1-2-3-4-5-6-7-8-9-14-24(26(27)28)30-22-17-15-20(16-18-22)25-23-13-11-10-12-21(23)19-29-25/h10-13,15-19,24H,2-9,14H2,1H3,(H,27,28). The second-order valence-electron chi connectivity index (χ2n) is 7.88. The molecule has 0 aliphatic rings. The van der Waals surface area contributed by atoms with E-state index >= 15 is 0 Å². The topological polar surface area (TPSA) is 59.7 Å². The number of unbranched alkanes of at least 4 members (excludes halogenated alkanes) is 7.